The van der Waals surface area contributed by atoms with Crippen LogP contribution in [-0.4, -0.2) is 44.2 Å². The van der Waals surface area contributed by atoms with E-state index in [1.807, 2.05) is 30.3 Å². The van der Waals surface area contributed by atoms with E-state index in [0.29, 0.717) is 51.1 Å². The molecule has 7 nitrogen and oxygen atoms in total. The van der Waals surface area contributed by atoms with Gasteiger partial charge in [0.2, 0.25) is 11.8 Å². The Hall–Kier alpha value is -2.77. The number of ether oxygens (including phenoxy) is 2. The lowest BCUT2D eigenvalue weighted by molar-refractivity contribution is -0.119. The van der Waals surface area contributed by atoms with Crippen molar-refractivity contribution in [3.8, 4) is 0 Å². The van der Waals surface area contributed by atoms with Gasteiger partial charge in [-0.15, -0.1) is 0 Å². The number of anilines is 2. The van der Waals surface area contributed by atoms with Crippen LogP contribution < -0.4 is 10.2 Å². The SMILES string of the molecule is COCCCC(=O)Nc1ccc(N(Cc2ccccn2)C(=O)CCCOC)cc1. The zero-order chi connectivity index (χ0) is 20.9. The monoisotopic (exact) mass is 399 g/mol. The number of carbonyl (C=O) groups excluding carboxylic acids is 2. The molecule has 0 radical (unpaired) electrons. The molecule has 2 aromatic rings. The Kier molecular flexibility index (Phi) is 9.82. The summed E-state index contributed by atoms with van der Waals surface area (Å²) < 4.78 is 10.0. The third-order valence-electron chi connectivity index (χ3n) is 4.30. The van der Waals surface area contributed by atoms with E-state index in [9.17, 15) is 9.59 Å². The molecule has 1 aromatic heterocycles. The fraction of sp³-hybridized carbons (Fsp3) is 0.409. The molecule has 1 heterocycles. The normalized spacial score (nSPS) is 10.6. The lowest BCUT2D eigenvalue weighted by atomic mass is 10.2. The van der Waals surface area contributed by atoms with Gasteiger partial charge >= 0.3 is 0 Å². The Morgan fingerprint density at radius 2 is 1.66 bits per heavy atom. The average molecular weight is 399 g/mol. The first-order chi connectivity index (χ1) is 14.1. The summed E-state index contributed by atoms with van der Waals surface area (Å²) in [4.78, 5) is 30.8. The molecule has 0 saturated carbocycles. The molecule has 0 saturated heterocycles. The smallest absolute Gasteiger partial charge is 0.227 e. The number of amides is 2. The van der Waals surface area contributed by atoms with Crippen LogP contribution in [0.1, 0.15) is 31.4 Å². The van der Waals surface area contributed by atoms with Crippen LogP contribution in [0.2, 0.25) is 0 Å². The number of aromatic nitrogens is 1. The molecule has 1 N–H and O–H groups in total. The number of nitrogens with zero attached hydrogens (tertiary/aromatic N) is 2. The summed E-state index contributed by atoms with van der Waals surface area (Å²) in [6.45, 7) is 1.48. The topological polar surface area (TPSA) is 80.8 Å². The Balaban J connectivity index is 2.06. The molecule has 0 aliphatic carbocycles. The summed E-state index contributed by atoms with van der Waals surface area (Å²) in [7, 11) is 3.24. The molecular weight excluding hydrogens is 370 g/mol. The van der Waals surface area contributed by atoms with Crippen molar-refractivity contribution in [1.82, 2.24) is 4.98 Å². The molecule has 29 heavy (non-hydrogen) atoms. The first-order valence-electron chi connectivity index (χ1n) is 9.72. The molecule has 0 bridgehead atoms. The van der Waals surface area contributed by atoms with E-state index < -0.39 is 0 Å². The van der Waals surface area contributed by atoms with Crippen molar-refractivity contribution in [3.63, 3.8) is 0 Å². The summed E-state index contributed by atoms with van der Waals surface area (Å²) in [6, 6.07) is 12.9. The zero-order valence-corrected chi connectivity index (χ0v) is 17.1. The molecule has 0 atom stereocenters. The van der Waals surface area contributed by atoms with Crippen LogP contribution in [0.3, 0.4) is 0 Å². The van der Waals surface area contributed by atoms with Crippen LogP contribution in [0.4, 0.5) is 11.4 Å². The van der Waals surface area contributed by atoms with Gasteiger partial charge in [-0.05, 0) is 49.2 Å². The van der Waals surface area contributed by atoms with Gasteiger partial charge in [-0.2, -0.15) is 0 Å². The van der Waals surface area contributed by atoms with Gasteiger partial charge in [0.25, 0.3) is 0 Å². The largest absolute Gasteiger partial charge is 0.385 e. The predicted octanol–water partition coefficient (Wildman–Crippen LogP) is 3.41. The molecule has 0 unspecified atom stereocenters. The van der Waals surface area contributed by atoms with Crippen LogP contribution in [0.15, 0.2) is 48.7 Å². The molecule has 2 amide bonds. The summed E-state index contributed by atoms with van der Waals surface area (Å²) in [5.74, 6) is -0.0557. The summed E-state index contributed by atoms with van der Waals surface area (Å²) >= 11 is 0. The zero-order valence-electron chi connectivity index (χ0n) is 17.1. The minimum absolute atomic E-state index is 0.00375. The van der Waals surface area contributed by atoms with Gasteiger partial charge in [-0.25, -0.2) is 0 Å². The van der Waals surface area contributed by atoms with Crippen molar-refractivity contribution < 1.29 is 19.1 Å². The number of hydrogen-bond acceptors (Lipinski definition) is 5. The number of rotatable bonds is 12. The molecule has 0 fully saturated rings. The number of hydrogen-bond donors (Lipinski definition) is 1. The Morgan fingerprint density at radius 1 is 0.966 bits per heavy atom. The molecule has 156 valence electrons. The highest BCUT2D eigenvalue weighted by Crippen LogP contribution is 2.21. The lowest BCUT2D eigenvalue weighted by Crippen LogP contribution is -2.30. The minimum Gasteiger partial charge on any atom is -0.385 e. The van der Waals surface area contributed by atoms with Gasteiger partial charge < -0.3 is 19.7 Å². The number of pyridine rings is 1. The van der Waals surface area contributed by atoms with E-state index in [1.54, 1.807) is 37.4 Å². The van der Waals surface area contributed by atoms with Crippen LogP contribution in [0.25, 0.3) is 0 Å². The van der Waals surface area contributed by atoms with E-state index in [4.69, 9.17) is 9.47 Å². The average Bonchev–Trinajstić information content (AvgIpc) is 2.74. The number of benzene rings is 1. The molecule has 0 aliphatic heterocycles. The van der Waals surface area contributed by atoms with Crippen LogP contribution in [0, 0.1) is 0 Å². The maximum atomic E-state index is 12.8. The van der Waals surface area contributed by atoms with Crippen molar-refractivity contribution in [2.75, 3.05) is 37.7 Å². The van der Waals surface area contributed by atoms with E-state index in [0.717, 1.165) is 11.4 Å². The first kappa shape index (κ1) is 22.5. The molecule has 7 heteroatoms. The number of methoxy groups -OCH3 is 2. The van der Waals surface area contributed by atoms with Crippen molar-refractivity contribution in [2.45, 2.75) is 32.2 Å². The molecule has 1 aromatic carbocycles. The van der Waals surface area contributed by atoms with Gasteiger partial charge in [0, 0.05) is 57.8 Å². The third kappa shape index (κ3) is 8.01. The third-order valence-corrected chi connectivity index (χ3v) is 4.30. The van der Waals surface area contributed by atoms with Crippen LogP contribution in [0.5, 0.6) is 0 Å². The molecule has 0 aliphatic rings. The fourth-order valence-electron chi connectivity index (χ4n) is 2.81. The second kappa shape index (κ2) is 12.6. The standard InChI is InChI=1S/C22H29N3O4/c1-28-15-5-8-21(26)24-18-10-12-20(13-11-18)25(22(27)9-6-16-29-2)17-19-7-3-4-14-23-19/h3-4,7,10-14H,5-6,8-9,15-17H2,1-2H3,(H,24,26). The second-order valence-electron chi connectivity index (χ2n) is 6.59. The van der Waals surface area contributed by atoms with Crippen LogP contribution in [-0.2, 0) is 25.6 Å². The quantitative estimate of drug-likeness (QED) is 0.553. The maximum absolute atomic E-state index is 12.8. The van der Waals surface area contributed by atoms with Gasteiger partial charge in [-0.3, -0.25) is 14.6 Å². The Morgan fingerprint density at radius 3 is 2.28 bits per heavy atom. The highest BCUT2D eigenvalue weighted by molar-refractivity contribution is 5.94. The molecule has 0 spiro atoms. The van der Waals surface area contributed by atoms with Gasteiger partial charge in [0.1, 0.15) is 0 Å². The predicted molar refractivity (Wildman–Crippen MR) is 113 cm³/mol. The minimum atomic E-state index is -0.0595. The highest BCUT2D eigenvalue weighted by atomic mass is 16.5. The highest BCUT2D eigenvalue weighted by Gasteiger charge is 2.17. The Bertz CT molecular complexity index is 750. The van der Waals surface area contributed by atoms with E-state index in [-0.39, 0.29) is 11.8 Å². The van der Waals surface area contributed by atoms with E-state index >= 15 is 0 Å². The van der Waals surface area contributed by atoms with E-state index in [1.165, 1.54) is 0 Å². The summed E-state index contributed by atoms with van der Waals surface area (Å²) in [5, 5.41) is 2.86. The maximum Gasteiger partial charge on any atom is 0.227 e. The van der Waals surface area contributed by atoms with Crippen LogP contribution >= 0.6 is 0 Å². The molecular formula is C22H29N3O4. The second-order valence-corrected chi connectivity index (χ2v) is 6.59. The fourth-order valence-corrected chi connectivity index (χ4v) is 2.81. The number of carbonyl (C=O) groups is 2. The van der Waals surface area contributed by atoms with Crippen molar-refractivity contribution in [1.29, 1.82) is 0 Å². The number of nitrogens with one attached hydrogen (secondary N) is 1. The summed E-state index contributed by atoms with van der Waals surface area (Å²) in [6.07, 6.45) is 3.83. The first-order valence-corrected chi connectivity index (χ1v) is 9.72. The van der Waals surface area contributed by atoms with Crippen molar-refractivity contribution in [3.05, 3.63) is 54.4 Å². The van der Waals surface area contributed by atoms with Crippen molar-refractivity contribution >= 4 is 23.2 Å². The van der Waals surface area contributed by atoms with Gasteiger partial charge in [0.05, 0.1) is 12.2 Å². The van der Waals surface area contributed by atoms with Gasteiger partial charge in [-0.1, -0.05) is 6.07 Å². The Labute approximate surface area is 172 Å². The summed E-state index contributed by atoms with van der Waals surface area (Å²) in [5.41, 5.74) is 2.26. The lowest BCUT2D eigenvalue weighted by Gasteiger charge is -2.23. The van der Waals surface area contributed by atoms with Gasteiger partial charge in [0.15, 0.2) is 0 Å². The van der Waals surface area contributed by atoms with Crippen molar-refractivity contribution in [2.24, 2.45) is 0 Å². The molecule has 2 rings (SSSR count). The van der Waals surface area contributed by atoms with E-state index in [2.05, 4.69) is 10.3 Å².